The molecule has 1 amide bonds. The molecule has 24 heavy (non-hydrogen) atoms. The lowest BCUT2D eigenvalue weighted by atomic mass is 10.00. The average molecular weight is 326 g/mol. The fraction of sp³-hybridized carbons (Fsp3) is 0.579. The topological polar surface area (TPSA) is 40.9 Å². The summed E-state index contributed by atoms with van der Waals surface area (Å²) in [6.07, 6.45) is 10.1. The molecule has 4 rings (SSSR count). The Kier molecular flexibility index (Phi) is 4.27. The largest absolute Gasteiger partial charge is 0.337 e. The normalized spacial score (nSPS) is 20.6. The summed E-state index contributed by atoms with van der Waals surface area (Å²) in [5, 5.41) is 0. The van der Waals surface area contributed by atoms with Crippen molar-refractivity contribution in [1.29, 1.82) is 0 Å². The van der Waals surface area contributed by atoms with E-state index < -0.39 is 0 Å². The molecular formula is C19H26N4O. The minimum Gasteiger partial charge on any atom is -0.337 e. The van der Waals surface area contributed by atoms with Crippen molar-refractivity contribution in [3.63, 3.8) is 0 Å². The molecule has 2 saturated heterocycles. The SMILES string of the molecule is Cc1ccn2cc(C(=O)N3CCC(N4CCCCC4)CC3)nc2c1. The van der Waals surface area contributed by atoms with Gasteiger partial charge in [-0.05, 0) is 63.4 Å². The zero-order chi connectivity index (χ0) is 16.5. The number of hydrogen-bond acceptors (Lipinski definition) is 3. The summed E-state index contributed by atoms with van der Waals surface area (Å²) >= 11 is 0. The molecule has 0 atom stereocenters. The van der Waals surface area contributed by atoms with Gasteiger partial charge in [-0.1, -0.05) is 6.42 Å². The van der Waals surface area contributed by atoms with E-state index in [4.69, 9.17) is 0 Å². The minimum absolute atomic E-state index is 0.0773. The quantitative estimate of drug-likeness (QED) is 0.852. The van der Waals surface area contributed by atoms with Gasteiger partial charge in [-0.25, -0.2) is 4.98 Å². The second kappa shape index (κ2) is 6.55. The lowest BCUT2D eigenvalue weighted by Gasteiger charge is -2.40. The van der Waals surface area contributed by atoms with E-state index in [1.807, 2.05) is 40.8 Å². The highest BCUT2D eigenvalue weighted by Gasteiger charge is 2.28. The number of hydrogen-bond donors (Lipinski definition) is 0. The summed E-state index contributed by atoms with van der Waals surface area (Å²) < 4.78 is 1.93. The van der Waals surface area contributed by atoms with Crippen LogP contribution in [0.5, 0.6) is 0 Å². The minimum atomic E-state index is 0.0773. The van der Waals surface area contributed by atoms with Crippen LogP contribution in [-0.2, 0) is 0 Å². The third-order valence-electron chi connectivity index (χ3n) is 5.49. The average Bonchev–Trinajstić information content (AvgIpc) is 3.05. The first-order valence-corrected chi connectivity index (χ1v) is 9.19. The van der Waals surface area contributed by atoms with Crippen LogP contribution in [0.2, 0.25) is 0 Å². The van der Waals surface area contributed by atoms with Gasteiger partial charge >= 0.3 is 0 Å². The van der Waals surface area contributed by atoms with Gasteiger partial charge in [0.25, 0.3) is 5.91 Å². The Hall–Kier alpha value is -1.88. The van der Waals surface area contributed by atoms with Crippen LogP contribution in [0.1, 0.15) is 48.2 Å². The smallest absolute Gasteiger partial charge is 0.274 e. The Labute approximate surface area is 143 Å². The van der Waals surface area contributed by atoms with Crippen molar-refractivity contribution in [2.45, 2.75) is 45.1 Å². The van der Waals surface area contributed by atoms with E-state index in [-0.39, 0.29) is 5.91 Å². The van der Waals surface area contributed by atoms with Crippen molar-refractivity contribution in [3.05, 3.63) is 35.8 Å². The number of pyridine rings is 1. The second-order valence-corrected chi connectivity index (χ2v) is 7.22. The number of aryl methyl sites for hydroxylation is 1. The van der Waals surface area contributed by atoms with E-state index in [9.17, 15) is 4.79 Å². The number of amides is 1. The van der Waals surface area contributed by atoms with Crippen LogP contribution >= 0.6 is 0 Å². The van der Waals surface area contributed by atoms with Crippen LogP contribution in [-0.4, -0.2) is 57.3 Å². The van der Waals surface area contributed by atoms with E-state index in [2.05, 4.69) is 9.88 Å². The van der Waals surface area contributed by atoms with Gasteiger partial charge in [-0.3, -0.25) is 4.79 Å². The molecule has 0 saturated carbocycles. The molecule has 128 valence electrons. The lowest BCUT2D eigenvalue weighted by molar-refractivity contribution is 0.0585. The highest BCUT2D eigenvalue weighted by atomic mass is 16.2. The van der Waals surface area contributed by atoms with Gasteiger partial charge in [-0.15, -0.1) is 0 Å². The van der Waals surface area contributed by atoms with Crippen LogP contribution in [0.15, 0.2) is 24.5 Å². The Morgan fingerprint density at radius 2 is 1.88 bits per heavy atom. The molecule has 2 fully saturated rings. The van der Waals surface area contributed by atoms with E-state index in [1.54, 1.807) is 0 Å². The van der Waals surface area contributed by atoms with Crippen LogP contribution in [0.4, 0.5) is 0 Å². The van der Waals surface area contributed by atoms with Crippen molar-refractivity contribution < 1.29 is 4.79 Å². The van der Waals surface area contributed by atoms with Gasteiger partial charge in [0.05, 0.1) is 0 Å². The molecule has 0 aromatic carbocycles. The summed E-state index contributed by atoms with van der Waals surface area (Å²) in [5.41, 5.74) is 2.58. The molecule has 2 aromatic heterocycles. The molecule has 2 aromatic rings. The van der Waals surface area contributed by atoms with Gasteiger partial charge in [0.2, 0.25) is 0 Å². The Bertz CT molecular complexity index is 724. The first-order valence-electron chi connectivity index (χ1n) is 9.19. The first-order chi connectivity index (χ1) is 11.7. The fourth-order valence-electron chi connectivity index (χ4n) is 4.07. The van der Waals surface area contributed by atoms with E-state index in [0.717, 1.165) is 37.1 Å². The molecule has 5 heteroatoms. The van der Waals surface area contributed by atoms with Crippen molar-refractivity contribution in [3.8, 4) is 0 Å². The maximum atomic E-state index is 12.8. The van der Waals surface area contributed by atoms with E-state index in [0.29, 0.717) is 11.7 Å². The summed E-state index contributed by atoms with van der Waals surface area (Å²) in [6.45, 7) is 6.23. The van der Waals surface area contributed by atoms with E-state index in [1.165, 1.54) is 32.4 Å². The predicted octanol–water partition coefficient (Wildman–Crippen LogP) is 2.73. The molecule has 0 radical (unpaired) electrons. The fourth-order valence-corrected chi connectivity index (χ4v) is 4.07. The number of nitrogens with zero attached hydrogens (tertiary/aromatic N) is 4. The van der Waals surface area contributed by atoms with Crippen LogP contribution in [0.25, 0.3) is 5.65 Å². The molecule has 2 aliphatic heterocycles. The number of carbonyl (C=O) groups is 1. The van der Waals surface area contributed by atoms with Crippen molar-refractivity contribution in [1.82, 2.24) is 19.2 Å². The maximum Gasteiger partial charge on any atom is 0.274 e. The lowest BCUT2D eigenvalue weighted by Crippen LogP contribution is -2.48. The van der Waals surface area contributed by atoms with Crippen molar-refractivity contribution >= 4 is 11.6 Å². The number of aromatic nitrogens is 2. The van der Waals surface area contributed by atoms with Gasteiger partial charge in [0.15, 0.2) is 0 Å². The second-order valence-electron chi connectivity index (χ2n) is 7.22. The zero-order valence-corrected chi connectivity index (χ0v) is 14.4. The van der Waals surface area contributed by atoms with Crippen molar-refractivity contribution in [2.75, 3.05) is 26.2 Å². The highest BCUT2D eigenvalue weighted by Crippen LogP contribution is 2.22. The molecule has 0 aliphatic carbocycles. The monoisotopic (exact) mass is 326 g/mol. The van der Waals surface area contributed by atoms with Crippen LogP contribution < -0.4 is 0 Å². The number of piperidine rings is 2. The molecule has 2 aliphatic rings. The molecule has 0 N–H and O–H groups in total. The number of imidazole rings is 1. The van der Waals surface area contributed by atoms with Gasteiger partial charge < -0.3 is 14.2 Å². The third-order valence-corrected chi connectivity index (χ3v) is 5.49. The summed E-state index contributed by atoms with van der Waals surface area (Å²) in [7, 11) is 0. The Balaban J connectivity index is 1.41. The molecule has 4 heterocycles. The number of likely N-dealkylation sites (tertiary alicyclic amines) is 2. The number of fused-ring (bicyclic) bond motifs is 1. The molecule has 0 unspecified atom stereocenters. The Morgan fingerprint density at radius 3 is 2.62 bits per heavy atom. The third kappa shape index (κ3) is 3.05. The van der Waals surface area contributed by atoms with Crippen LogP contribution in [0, 0.1) is 6.92 Å². The summed E-state index contributed by atoms with van der Waals surface area (Å²) in [4.78, 5) is 21.9. The summed E-state index contributed by atoms with van der Waals surface area (Å²) in [5.74, 6) is 0.0773. The van der Waals surface area contributed by atoms with Gasteiger partial charge in [-0.2, -0.15) is 0 Å². The van der Waals surface area contributed by atoms with Gasteiger partial charge in [0.1, 0.15) is 11.3 Å². The molecule has 5 nitrogen and oxygen atoms in total. The van der Waals surface area contributed by atoms with E-state index >= 15 is 0 Å². The molecule has 0 spiro atoms. The first kappa shape index (κ1) is 15.6. The molecular weight excluding hydrogens is 300 g/mol. The predicted molar refractivity (Wildman–Crippen MR) is 94.3 cm³/mol. The van der Waals surface area contributed by atoms with Gasteiger partial charge in [0, 0.05) is 31.5 Å². The number of carbonyl (C=O) groups excluding carboxylic acids is 1. The highest BCUT2D eigenvalue weighted by molar-refractivity contribution is 5.93. The van der Waals surface area contributed by atoms with Crippen LogP contribution in [0.3, 0.4) is 0 Å². The number of rotatable bonds is 2. The Morgan fingerprint density at radius 1 is 1.12 bits per heavy atom. The summed E-state index contributed by atoms with van der Waals surface area (Å²) in [6, 6.07) is 4.71. The zero-order valence-electron chi connectivity index (χ0n) is 14.4. The molecule has 0 bridgehead atoms. The van der Waals surface area contributed by atoms with Crippen molar-refractivity contribution in [2.24, 2.45) is 0 Å². The maximum absolute atomic E-state index is 12.8. The standard InChI is InChI=1S/C19H26N4O/c1-15-5-10-23-14-17(20-18(23)13-15)19(24)22-11-6-16(7-12-22)21-8-3-2-4-9-21/h5,10,13-14,16H,2-4,6-9,11-12H2,1H3.